The first-order valence-corrected chi connectivity index (χ1v) is 13.0. The largest absolute Gasteiger partial charge is 0.497 e. The molecule has 0 atom stereocenters. The van der Waals surface area contributed by atoms with Gasteiger partial charge in [0.25, 0.3) is 5.91 Å². The Bertz CT molecular complexity index is 1780. The summed E-state index contributed by atoms with van der Waals surface area (Å²) in [5.41, 5.74) is 3.42. The van der Waals surface area contributed by atoms with Crippen molar-refractivity contribution in [3.8, 4) is 11.8 Å². The number of nitrogens with zero attached hydrogens (tertiary/aromatic N) is 2. The first-order valence-electron chi connectivity index (χ1n) is 12.1. The Morgan fingerprint density at radius 2 is 1.86 bits per heavy atom. The van der Waals surface area contributed by atoms with Gasteiger partial charge in [-0.2, -0.15) is 5.26 Å². The van der Waals surface area contributed by atoms with E-state index < -0.39 is 0 Å². The van der Waals surface area contributed by atoms with Crippen LogP contribution in [0.3, 0.4) is 0 Å². The zero-order valence-electron chi connectivity index (χ0n) is 20.2. The second kappa shape index (κ2) is 9.57. The Labute approximate surface area is 217 Å². The lowest BCUT2D eigenvalue weighted by molar-refractivity contribution is 0.102. The van der Waals surface area contributed by atoms with Crippen molar-refractivity contribution in [1.82, 2.24) is 0 Å². The predicted octanol–water partition coefficient (Wildman–Crippen LogP) is 6.89. The van der Waals surface area contributed by atoms with E-state index in [1.807, 2.05) is 42.5 Å². The molecular formula is C30H23N3O3S. The van der Waals surface area contributed by atoms with Gasteiger partial charge in [-0.25, -0.2) is 4.99 Å². The number of benzene rings is 3. The maximum Gasteiger partial charge on any atom is 0.261 e. The molecule has 5 aromatic rings. The Kier molecular flexibility index (Phi) is 5.95. The van der Waals surface area contributed by atoms with Gasteiger partial charge in [-0.15, -0.1) is 11.3 Å². The lowest BCUT2D eigenvalue weighted by atomic mass is 9.96. The molecule has 1 amide bonds. The maximum atomic E-state index is 13.6. The highest BCUT2D eigenvalue weighted by Crippen LogP contribution is 2.39. The van der Waals surface area contributed by atoms with Crippen molar-refractivity contribution in [2.45, 2.75) is 25.7 Å². The van der Waals surface area contributed by atoms with E-state index in [9.17, 15) is 10.1 Å². The van der Waals surface area contributed by atoms with Gasteiger partial charge >= 0.3 is 0 Å². The standard InChI is InChI=1S/C30H23N3O3S/c1-35-20-13-11-19(12-14-20)32-28(34)24-16-23-21-7-3-2-6-18(21)10-15-26(23)36-29(24)33-30-25(17-31)22-8-4-5-9-27(22)37-30/h2-3,6-7,10-16H,4-5,8-9H2,1H3,(H,32,34). The van der Waals surface area contributed by atoms with Crippen LogP contribution >= 0.6 is 11.3 Å². The number of rotatable bonds is 4. The Morgan fingerprint density at radius 3 is 2.68 bits per heavy atom. The zero-order valence-corrected chi connectivity index (χ0v) is 21.0. The minimum Gasteiger partial charge on any atom is -0.497 e. The van der Waals surface area contributed by atoms with Crippen LogP contribution in [0.4, 0.5) is 10.7 Å². The molecule has 7 heteroatoms. The van der Waals surface area contributed by atoms with Crippen LogP contribution in [0.15, 0.2) is 76.1 Å². The number of aryl methyl sites for hydroxylation is 1. The van der Waals surface area contributed by atoms with Crippen LogP contribution < -0.4 is 15.6 Å². The Hall–Kier alpha value is -4.41. The summed E-state index contributed by atoms with van der Waals surface area (Å²) in [6.07, 6.45) is 4.02. The minimum atomic E-state index is -0.345. The molecule has 0 spiro atoms. The molecule has 0 radical (unpaired) electrons. The van der Waals surface area contributed by atoms with Gasteiger partial charge in [0.15, 0.2) is 0 Å². The summed E-state index contributed by atoms with van der Waals surface area (Å²) in [6, 6.07) is 23.2. The maximum absolute atomic E-state index is 13.6. The molecule has 0 bridgehead atoms. The highest BCUT2D eigenvalue weighted by atomic mass is 32.1. The number of methoxy groups -OCH3 is 1. The number of ether oxygens (including phenoxy) is 1. The topological polar surface area (TPSA) is 87.6 Å². The van der Waals surface area contributed by atoms with Crippen molar-refractivity contribution < 1.29 is 13.9 Å². The monoisotopic (exact) mass is 505 g/mol. The second-order valence-electron chi connectivity index (χ2n) is 8.96. The fourth-order valence-electron chi connectivity index (χ4n) is 4.83. The van der Waals surface area contributed by atoms with Crippen LogP contribution in [0, 0.1) is 11.3 Å². The van der Waals surface area contributed by atoms with Gasteiger partial charge in [0.1, 0.15) is 28.0 Å². The van der Waals surface area contributed by atoms with Crippen molar-refractivity contribution >= 4 is 49.7 Å². The van der Waals surface area contributed by atoms with Crippen molar-refractivity contribution in [2.24, 2.45) is 4.99 Å². The van der Waals surface area contributed by atoms with Gasteiger partial charge in [-0.05, 0) is 78.4 Å². The molecule has 1 N–H and O–H groups in total. The number of nitriles is 1. The smallest absolute Gasteiger partial charge is 0.261 e. The summed E-state index contributed by atoms with van der Waals surface area (Å²) in [5, 5.41) is 16.3. The number of carbonyl (C=O) groups is 1. The van der Waals surface area contributed by atoms with E-state index in [0.29, 0.717) is 33.1 Å². The highest BCUT2D eigenvalue weighted by molar-refractivity contribution is 7.16. The second-order valence-corrected chi connectivity index (χ2v) is 10.0. The molecule has 0 saturated carbocycles. The molecule has 2 aromatic heterocycles. The van der Waals surface area contributed by atoms with Crippen molar-refractivity contribution in [2.75, 3.05) is 12.4 Å². The molecular weight excluding hydrogens is 482 g/mol. The number of anilines is 1. The number of thiophene rings is 1. The van der Waals surface area contributed by atoms with E-state index in [1.54, 1.807) is 31.4 Å². The molecule has 2 heterocycles. The van der Waals surface area contributed by atoms with E-state index >= 15 is 0 Å². The van der Waals surface area contributed by atoms with Crippen molar-refractivity contribution in [1.29, 1.82) is 5.26 Å². The van der Waals surface area contributed by atoms with Crippen LogP contribution in [0.1, 0.15) is 39.2 Å². The van der Waals surface area contributed by atoms with Crippen molar-refractivity contribution in [3.63, 3.8) is 0 Å². The lowest BCUT2D eigenvalue weighted by Gasteiger charge is -2.09. The van der Waals surface area contributed by atoms with E-state index in [1.165, 1.54) is 16.2 Å². The number of nitrogens with one attached hydrogen (secondary N) is 1. The minimum absolute atomic E-state index is 0.184. The normalized spacial score (nSPS) is 13.4. The van der Waals surface area contributed by atoms with Gasteiger partial charge in [0.2, 0.25) is 5.55 Å². The van der Waals surface area contributed by atoms with E-state index in [4.69, 9.17) is 14.1 Å². The molecule has 0 unspecified atom stereocenters. The quantitative estimate of drug-likeness (QED) is 0.269. The molecule has 1 aliphatic carbocycles. The van der Waals surface area contributed by atoms with E-state index in [-0.39, 0.29) is 11.5 Å². The third kappa shape index (κ3) is 4.26. The molecule has 0 fully saturated rings. The Balaban J connectivity index is 1.54. The fraction of sp³-hybridized carbons (Fsp3) is 0.167. The van der Waals surface area contributed by atoms with Gasteiger partial charge < -0.3 is 14.5 Å². The van der Waals surface area contributed by atoms with Crippen LogP contribution in [0.5, 0.6) is 5.75 Å². The van der Waals surface area contributed by atoms with E-state index in [2.05, 4.69) is 11.4 Å². The highest BCUT2D eigenvalue weighted by Gasteiger charge is 2.22. The molecule has 1 aliphatic rings. The number of carbonyl (C=O) groups excluding carboxylic acids is 1. The average Bonchev–Trinajstić information content (AvgIpc) is 3.29. The molecule has 6 nitrogen and oxygen atoms in total. The van der Waals surface area contributed by atoms with Crippen LogP contribution in [-0.4, -0.2) is 13.0 Å². The summed E-state index contributed by atoms with van der Waals surface area (Å²) in [4.78, 5) is 19.6. The number of hydrogen-bond donors (Lipinski definition) is 1. The third-order valence-corrected chi connectivity index (χ3v) is 7.90. The van der Waals surface area contributed by atoms with Crippen molar-refractivity contribution in [3.05, 3.63) is 93.9 Å². The number of amides is 1. The van der Waals surface area contributed by atoms with Gasteiger partial charge in [0, 0.05) is 16.0 Å². The summed E-state index contributed by atoms with van der Waals surface area (Å²) in [7, 11) is 1.60. The van der Waals surface area contributed by atoms with Crippen LogP contribution in [0.2, 0.25) is 0 Å². The average molecular weight is 506 g/mol. The third-order valence-electron chi connectivity index (χ3n) is 6.72. The first-order chi connectivity index (χ1) is 18.1. The summed E-state index contributed by atoms with van der Waals surface area (Å²) in [6.45, 7) is 0. The molecule has 0 aliphatic heterocycles. The molecule has 37 heavy (non-hydrogen) atoms. The molecule has 3 aromatic carbocycles. The SMILES string of the molecule is COc1ccc(NC(=O)c2cc3c(ccc4ccccc43)oc2=Nc2sc3c(c2C#N)CCCC3)cc1. The summed E-state index contributed by atoms with van der Waals surface area (Å²) < 4.78 is 11.5. The van der Waals surface area contributed by atoms with Gasteiger partial charge in [-0.3, -0.25) is 4.79 Å². The number of hydrogen-bond acceptors (Lipinski definition) is 6. The molecule has 0 saturated heterocycles. The van der Waals surface area contributed by atoms with E-state index in [0.717, 1.165) is 47.4 Å². The van der Waals surface area contributed by atoms with Crippen LogP contribution in [-0.2, 0) is 12.8 Å². The fourth-order valence-corrected chi connectivity index (χ4v) is 6.04. The number of fused-ring (bicyclic) bond motifs is 4. The first kappa shape index (κ1) is 23.0. The molecule has 6 rings (SSSR count). The van der Waals surface area contributed by atoms with Gasteiger partial charge in [-0.1, -0.05) is 30.3 Å². The van der Waals surface area contributed by atoms with Crippen LogP contribution in [0.25, 0.3) is 21.7 Å². The zero-order chi connectivity index (χ0) is 25.4. The molecule has 182 valence electrons. The predicted molar refractivity (Wildman–Crippen MR) is 146 cm³/mol. The lowest BCUT2D eigenvalue weighted by Crippen LogP contribution is -2.21. The Morgan fingerprint density at radius 1 is 1.05 bits per heavy atom. The summed E-state index contributed by atoms with van der Waals surface area (Å²) >= 11 is 1.52. The van der Waals surface area contributed by atoms with Gasteiger partial charge in [0.05, 0.1) is 12.7 Å². The summed E-state index contributed by atoms with van der Waals surface area (Å²) in [5.74, 6) is 0.355.